The lowest BCUT2D eigenvalue weighted by molar-refractivity contribution is -0.124. The monoisotopic (exact) mass is 279 g/mol. The van der Waals surface area contributed by atoms with Crippen molar-refractivity contribution in [2.75, 3.05) is 6.61 Å². The molecule has 0 aliphatic carbocycles. The Kier molecular flexibility index (Phi) is 5.57. The van der Waals surface area contributed by atoms with Gasteiger partial charge in [-0.2, -0.15) is 0 Å². The van der Waals surface area contributed by atoms with Crippen LogP contribution in [0.3, 0.4) is 0 Å². The second kappa shape index (κ2) is 6.75. The minimum Gasteiger partial charge on any atom is -0.483 e. The summed E-state index contributed by atoms with van der Waals surface area (Å²) in [5.41, 5.74) is 1.48. The van der Waals surface area contributed by atoms with Gasteiger partial charge < -0.3 is 15.2 Å². The van der Waals surface area contributed by atoms with Crippen LogP contribution in [0, 0.1) is 6.92 Å². The maximum Gasteiger partial charge on any atom is 0.258 e. The Balaban J connectivity index is 2.70. The van der Waals surface area contributed by atoms with Crippen LogP contribution in [0.15, 0.2) is 18.2 Å². The Morgan fingerprint density at radius 2 is 2.10 bits per heavy atom. The SMILES string of the molecule is CCC(C)(C)NC(=O)COc1cc(C)ccc1[C@H](C)O. The number of nitrogens with one attached hydrogen (secondary N) is 1. The van der Waals surface area contributed by atoms with Gasteiger partial charge in [-0.1, -0.05) is 19.1 Å². The van der Waals surface area contributed by atoms with Gasteiger partial charge in [-0.05, 0) is 45.7 Å². The van der Waals surface area contributed by atoms with E-state index in [1.807, 2.05) is 45.9 Å². The predicted octanol–water partition coefficient (Wildman–Crippen LogP) is 2.73. The summed E-state index contributed by atoms with van der Waals surface area (Å²) in [5, 5.41) is 12.6. The highest BCUT2D eigenvalue weighted by molar-refractivity contribution is 5.78. The third-order valence-corrected chi connectivity index (χ3v) is 3.34. The van der Waals surface area contributed by atoms with Crippen molar-refractivity contribution in [3.8, 4) is 5.75 Å². The van der Waals surface area contributed by atoms with Gasteiger partial charge >= 0.3 is 0 Å². The number of carbonyl (C=O) groups is 1. The summed E-state index contributed by atoms with van der Waals surface area (Å²) >= 11 is 0. The molecular formula is C16H25NO3. The number of carbonyl (C=O) groups excluding carboxylic acids is 1. The molecule has 0 bridgehead atoms. The molecule has 0 fully saturated rings. The summed E-state index contributed by atoms with van der Waals surface area (Å²) in [5.74, 6) is 0.402. The van der Waals surface area contributed by atoms with E-state index in [0.717, 1.165) is 12.0 Å². The third-order valence-electron chi connectivity index (χ3n) is 3.34. The van der Waals surface area contributed by atoms with Gasteiger partial charge in [0.25, 0.3) is 5.91 Å². The average Bonchev–Trinajstić information content (AvgIpc) is 2.35. The number of aliphatic hydroxyl groups excluding tert-OH is 1. The van der Waals surface area contributed by atoms with E-state index in [1.165, 1.54) is 0 Å². The van der Waals surface area contributed by atoms with Crippen LogP contribution in [0.5, 0.6) is 5.75 Å². The first-order valence-corrected chi connectivity index (χ1v) is 6.97. The van der Waals surface area contributed by atoms with Gasteiger partial charge in [0.05, 0.1) is 6.10 Å². The molecule has 0 saturated heterocycles. The Morgan fingerprint density at radius 3 is 2.65 bits per heavy atom. The summed E-state index contributed by atoms with van der Waals surface area (Å²) < 4.78 is 5.56. The molecule has 1 atom stereocenters. The predicted molar refractivity (Wildman–Crippen MR) is 79.8 cm³/mol. The van der Waals surface area contributed by atoms with Crippen LogP contribution < -0.4 is 10.1 Å². The summed E-state index contributed by atoms with van der Waals surface area (Å²) in [7, 11) is 0. The fraction of sp³-hybridized carbons (Fsp3) is 0.562. The molecule has 1 amide bonds. The van der Waals surface area contributed by atoms with Crippen molar-refractivity contribution < 1.29 is 14.6 Å². The van der Waals surface area contributed by atoms with Crippen molar-refractivity contribution in [1.82, 2.24) is 5.32 Å². The van der Waals surface area contributed by atoms with Crippen LogP contribution in [0.25, 0.3) is 0 Å². The lowest BCUT2D eigenvalue weighted by atomic mass is 10.0. The van der Waals surface area contributed by atoms with Crippen molar-refractivity contribution in [1.29, 1.82) is 0 Å². The zero-order valence-electron chi connectivity index (χ0n) is 13.0. The highest BCUT2D eigenvalue weighted by Crippen LogP contribution is 2.26. The smallest absolute Gasteiger partial charge is 0.258 e. The second-order valence-electron chi connectivity index (χ2n) is 5.79. The van der Waals surface area contributed by atoms with Gasteiger partial charge in [-0.15, -0.1) is 0 Å². The largest absolute Gasteiger partial charge is 0.483 e. The molecule has 0 unspecified atom stereocenters. The zero-order valence-corrected chi connectivity index (χ0v) is 13.0. The van der Waals surface area contributed by atoms with Crippen LogP contribution in [0.2, 0.25) is 0 Å². The fourth-order valence-corrected chi connectivity index (χ4v) is 1.76. The minimum atomic E-state index is -0.624. The zero-order chi connectivity index (χ0) is 15.3. The van der Waals surface area contributed by atoms with Crippen LogP contribution in [0.4, 0.5) is 0 Å². The number of ether oxygens (including phenoxy) is 1. The van der Waals surface area contributed by atoms with Crippen molar-refractivity contribution in [3.05, 3.63) is 29.3 Å². The van der Waals surface area contributed by atoms with Crippen molar-refractivity contribution >= 4 is 5.91 Å². The molecule has 1 rings (SSSR count). The molecule has 4 heteroatoms. The molecule has 1 aromatic rings. The van der Waals surface area contributed by atoms with Crippen LogP contribution in [-0.4, -0.2) is 23.2 Å². The summed E-state index contributed by atoms with van der Waals surface area (Å²) in [6, 6.07) is 5.57. The first kappa shape index (κ1) is 16.5. The average molecular weight is 279 g/mol. The Bertz CT molecular complexity index is 467. The van der Waals surface area contributed by atoms with Gasteiger partial charge in [0.15, 0.2) is 6.61 Å². The standard InChI is InChI=1S/C16H25NO3/c1-6-16(4,5)17-15(19)10-20-14-9-11(2)7-8-13(14)12(3)18/h7-9,12,18H,6,10H2,1-5H3,(H,17,19)/t12-/m0/s1. The van der Waals surface area contributed by atoms with E-state index < -0.39 is 6.10 Å². The van der Waals surface area contributed by atoms with E-state index >= 15 is 0 Å². The first-order chi connectivity index (χ1) is 9.25. The third kappa shape index (κ3) is 4.85. The van der Waals surface area contributed by atoms with Crippen LogP contribution >= 0.6 is 0 Å². The molecule has 2 N–H and O–H groups in total. The molecule has 0 radical (unpaired) electrons. The van der Waals surface area contributed by atoms with Crippen molar-refractivity contribution in [2.24, 2.45) is 0 Å². The summed E-state index contributed by atoms with van der Waals surface area (Å²) in [6.07, 6.45) is 0.225. The molecule has 0 aliphatic heterocycles. The number of benzene rings is 1. The lowest BCUT2D eigenvalue weighted by Gasteiger charge is -2.24. The molecule has 0 aromatic heterocycles. The molecule has 0 spiro atoms. The highest BCUT2D eigenvalue weighted by Gasteiger charge is 2.18. The second-order valence-corrected chi connectivity index (χ2v) is 5.79. The van der Waals surface area contributed by atoms with E-state index in [9.17, 15) is 9.90 Å². The topological polar surface area (TPSA) is 58.6 Å². The summed E-state index contributed by atoms with van der Waals surface area (Å²) in [6.45, 7) is 9.54. The molecular weight excluding hydrogens is 254 g/mol. The van der Waals surface area contributed by atoms with Crippen molar-refractivity contribution in [2.45, 2.75) is 52.7 Å². The Labute approximate surface area is 121 Å². The number of rotatable bonds is 6. The maximum atomic E-state index is 11.9. The number of amides is 1. The quantitative estimate of drug-likeness (QED) is 0.841. The first-order valence-electron chi connectivity index (χ1n) is 6.97. The highest BCUT2D eigenvalue weighted by atomic mass is 16.5. The van der Waals surface area contributed by atoms with Gasteiger partial charge in [0.1, 0.15) is 5.75 Å². The van der Waals surface area contributed by atoms with Crippen molar-refractivity contribution in [3.63, 3.8) is 0 Å². The molecule has 1 aromatic carbocycles. The lowest BCUT2D eigenvalue weighted by Crippen LogP contribution is -2.44. The van der Waals surface area contributed by atoms with Gasteiger partial charge in [0.2, 0.25) is 0 Å². The number of hydrogen-bond acceptors (Lipinski definition) is 3. The molecule has 112 valence electrons. The molecule has 0 saturated carbocycles. The van der Waals surface area contributed by atoms with E-state index in [1.54, 1.807) is 6.92 Å². The Hall–Kier alpha value is -1.55. The Morgan fingerprint density at radius 1 is 1.45 bits per heavy atom. The molecule has 0 heterocycles. The number of aliphatic hydroxyl groups is 1. The van der Waals surface area contributed by atoms with E-state index in [-0.39, 0.29) is 18.1 Å². The van der Waals surface area contributed by atoms with E-state index in [0.29, 0.717) is 11.3 Å². The van der Waals surface area contributed by atoms with Gasteiger partial charge in [0, 0.05) is 11.1 Å². The molecule has 4 nitrogen and oxygen atoms in total. The molecule has 0 aliphatic rings. The molecule has 20 heavy (non-hydrogen) atoms. The maximum absolute atomic E-state index is 11.9. The van der Waals surface area contributed by atoms with Crippen LogP contribution in [0.1, 0.15) is 51.3 Å². The minimum absolute atomic E-state index is 0.0490. The van der Waals surface area contributed by atoms with Gasteiger partial charge in [-0.3, -0.25) is 4.79 Å². The van der Waals surface area contributed by atoms with Crippen LogP contribution in [-0.2, 0) is 4.79 Å². The van der Waals surface area contributed by atoms with E-state index in [4.69, 9.17) is 4.74 Å². The normalized spacial score (nSPS) is 12.9. The van der Waals surface area contributed by atoms with Gasteiger partial charge in [-0.25, -0.2) is 0 Å². The number of hydrogen-bond donors (Lipinski definition) is 2. The number of aryl methyl sites for hydroxylation is 1. The summed E-state index contributed by atoms with van der Waals surface area (Å²) in [4.78, 5) is 11.9. The fourth-order valence-electron chi connectivity index (χ4n) is 1.76. The van der Waals surface area contributed by atoms with E-state index in [2.05, 4.69) is 5.32 Å².